The number of amides is 5. The summed E-state index contributed by atoms with van der Waals surface area (Å²) in [6, 6.07) is -9.86. The first-order chi connectivity index (χ1) is 59.6. The van der Waals surface area contributed by atoms with Gasteiger partial charge in [-0.1, -0.05) is 0 Å². The van der Waals surface area contributed by atoms with Crippen LogP contribution in [0.2, 0.25) is 0 Å². The molecule has 0 saturated carbocycles. The average Bonchev–Trinajstić information content (AvgIpc) is 0.754. The van der Waals surface area contributed by atoms with Crippen molar-refractivity contribution in [1.29, 1.82) is 0 Å². The first kappa shape index (κ1) is 104. The maximum Gasteiger partial charge on any atom is 0.217 e. The van der Waals surface area contributed by atoms with Crippen LogP contribution >= 0.6 is 0 Å². The molecule has 50 atom stereocenters. The minimum absolute atomic E-state index is 0.827. The fourth-order valence-electron chi connectivity index (χ4n) is 16.3. The third kappa shape index (κ3) is 22.9. The topological polar surface area (TPSA) is 867 Å². The molecule has 5 amide bonds. The standard InChI is InChI=1S/C70H117N5O51/c1-16(85)71-31-43(97)53(26(11-81)109-61(31)107)119-64-34(74-19(4)88)45(99)55(28(13-83)115-64)122-68-52(106)58(57(123-62-32(72-17(2)86)41(95)36(90)21(6-76)110-62)30(118-68)15-108-69-59(48(102)40(94)25(10-80)114-69)126-67-50(104)47(101)39(93)24(9-79)113-67)124-70-60(125-63-33(73-18(3)87)42(96)37(91)22(7-77)111-63)51(105)56(29(14-84)117-70)120-65-35(75-20(5)89)44(98)54(27(12-82)116-65)121-66-49(103)46(100)38(92)23(8-78)112-66/h21-70,76-84,90-107H,6-15H2,1-5H3,(H,71,85)(H,72,86)(H,73,87)(H,74,88)(H,75,89)/t21-,22-,23-,24-,25-,26-,27-,28-,29-,30-,31-,32-,33-,34-,35-,36-,37-,38+,39-,40-,41-,42-,43-,44-,45-,46+,47+,48+,49-,50+,51+,52+,53-,54-,55-,56-,57-,58-,59+,60+,61-,62+,63+,64+,65+,66+,67-,68+,69+,70-/m1/s1. The highest BCUT2D eigenvalue weighted by Crippen LogP contribution is 2.42. The minimum Gasteiger partial charge on any atom is -0.394 e. The Morgan fingerprint density at radius 1 is 0.206 bits per heavy atom. The van der Waals surface area contributed by atoms with E-state index in [2.05, 4.69) is 26.6 Å². The molecular formula is C70H117N5O51. The largest absolute Gasteiger partial charge is 0.394 e. The van der Waals surface area contributed by atoms with Crippen molar-refractivity contribution in [3.63, 3.8) is 0 Å². The second kappa shape index (κ2) is 45.5. The van der Waals surface area contributed by atoms with Gasteiger partial charge in [0.15, 0.2) is 62.9 Å². The van der Waals surface area contributed by atoms with E-state index >= 15 is 0 Å². The van der Waals surface area contributed by atoms with Gasteiger partial charge in [-0.2, -0.15) is 0 Å². The van der Waals surface area contributed by atoms with Crippen LogP contribution in [-0.4, -0.2) is 540 Å². The Hall–Kier alpha value is -4.49. The quantitative estimate of drug-likeness (QED) is 0.0290. The van der Waals surface area contributed by atoms with E-state index in [0.717, 1.165) is 34.6 Å². The molecule has 126 heavy (non-hydrogen) atoms. The van der Waals surface area contributed by atoms with Crippen LogP contribution in [0.15, 0.2) is 0 Å². The number of ether oxygens (including phenoxy) is 19. The van der Waals surface area contributed by atoms with Crippen molar-refractivity contribution in [1.82, 2.24) is 26.6 Å². The number of nitrogens with one attached hydrogen (secondary N) is 5. The van der Waals surface area contributed by atoms with Crippen LogP contribution in [0, 0.1) is 0 Å². The first-order valence-electron chi connectivity index (χ1n) is 40.1. The van der Waals surface area contributed by atoms with Gasteiger partial charge in [-0.25, -0.2) is 0 Å². The predicted molar refractivity (Wildman–Crippen MR) is 388 cm³/mol. The number of hydrogen-bond donors (Lipinski definition) is 32. The Morgan fingerprint density at radius 3 is 0.817 bits per heavy atom. The second-order valence-corrected chi connectivity index (χ2v) is 31.7. The normalized spacial score (nSPS) is 48.4. The van der Waals surface area contributed by atoms with Crippen molar-refractivity contribution in [3.8, 4) is 0 Å². The van der Waals surface area contributed by atoms with Crippen LogP contribution in [0.1, 0.15) is 34.6 Å². The number of rotatable bonds is 33. The molecule has 0 radical (unpaired) electrons. The van der Waals surface area contributed by atoms with Crippen molar-refractivity contribution in [2.24, 2.45) is 0 Å². The number of aliphatic hydroxyl groups is 27. The van der Waals surface area contributed by atoms with Gasteiger partial charge in [0.1, 0.15) is 244 Å². The van der Waals surface area contributed by atoms with Gasteiger partial charge in [0.05, 0.1) is 66.1 Å². The van der Waals surface area contributed by atoms with E-state index in [1.165, 1.54) is 0 Å². The Labute approximate surface area is 713 Å². The van der Waals surface area contributed by atoms with Crippen LogP contribution in [0.3, 0.4) is 0 Å². The minimum atomic E-state index is -2.82. The lowest BCUT2D eigenvalue weighted by molar-refractivity contribution is -0.413. The highest BCUT2D eigenvalue weighted by molar-refractivity contribution is 5.75. The van der Waals surface area contributed by atoms with Crippen molar-refractivity contribution in [2.45, 2.75) is 341 Å². The number of carbonyl (C=O) groups excluding carboxylic acids is 5. The van der Waals surface area contributed by atoms with Crippen molar-refractivity contribution in [2.75, 3.05) is 66.1 Å². The monoisotopic (exact) mass is 1840 g/mol. The molecule has 728 valence electrons. The van der Waals surface area contributed by atoms with Crippen molar-refractivity contribution >= 4 is 29.5 Å². The van der Waals surface area contributed by atoms with Gasteiger partial charge < -0.3 is 254 Å². The molecule has 0 bridgehead atoms. The van der Waals surface area contributed by atoms with Gasteiger partial charge in [0.2, 0.25) is 29.5 Å². The molecule has 0 aromatic heterocycles. The average molecular weight is 1840 g/mol. The van der Waals surface area contributed by atoms with Gasteiger partial charge in [-0.05, 0) is 0 Å². The molecule has 10 saturated heterocycles. The summed E-state index contributed by atoms with van der Waals surface area (Å²) in [6.45, 7) is -7.31. The van der Waals surface area contributed by atoms with E-state index in [1.807, 2.05) is 0 Å². The maximum absolute atomic E-state index is 13.5. The van der Waals surface area contributed by atoms with Crippen LogP contribution in [-0.2, 0) is 114 Å². The Balaban J connectivity index is 1.12. The third-order valence-corrected chi connectivity index (χ3v) is 22.9. The second-order valence-electron chi connectivity index (χ2n) is 31.7. The summed E-state index contributed by atoms with van der Waals surface area (Å²) in [5.74, 6) is -4.86. The van der Waals surface area contributed by atoms with E-state index in [-0.39, 0.29) is 0 Å². The summed E-state index contributed by atoms with van der Waals surface area (Å²) in [5.41, 5.74) is 0. The molecule has 10 aliphatic rings. The molecule has 0 unspecified atom stereocenters. The van der Waals surface area contributed by atoms with E-state index < -0.39 is 402 Å². The predicted octanol–water partition coefficient (Wildman–Crippen LogP) is -22.1. The van der Waals surface area contributed by atoms with Gasteiger partial charge in [-0.15, -0.1) is 0 Å². The van der Waals surface area contributed by atoms with E-state index in [1.54, 1.807) is 0 Å². The third-order valence-electron chi connectivity index (χ3n) is 22.9. The van der Waals surface area contributed by atoms with Crippen LogP contribution in [0.5, 0.6) is 0 Å². The van der Waals surface area contributed by atoms with Crippen LogP contribution < -0.4 is 26.6 Å². The van der Waals surface area contributed by atoms with E-state index in [0.29, 0.717) is 0 Å². The maximum atomic E-state index is 13.5. The zero-order chi connectivity index (χ0) is 92.8. The summed E-state index contributed by atoms with van der Waals surface area (Å²) >= 11 is 0. The number of aliphatic hydroxyl groups excluding tert-OH is 27. The summed E-state index contributed by atoms with van der Waals surface area (Å²) in [4.78, 5) is 65.0. The Bertz CT molecular complexity index is 3440. The smallest absolute Gasteiger partial charge is 0.217 e. The Morgan fingerprint density at radius 2 is 0.444 bits per heavy atom. The van der Waals surface area contributed by atoms with Crippen LogP contribution in [0.25, 0.3) is 0 Å². The molecule has 56 heteroatoms. The summed E-state index contributed by atoms with van der Waals surface area (Å²) in [6.07, 6.45) is -99.2. The lowest BCUT2D eigenvalue weighted by atomic mass is 9.93. The van der Waals surface area contributed by atoms with Gasteiger partial charge >= 0.3 is 0 Å². The highest BCUT2D eigenvalue weighted by atomic mass is 16.8. The molecule has 0 aliphatic carbocycles. The van der Waals surface area contributed by atoms with Gasteiger partial charge in [-0.3, -0.25) is 24.0 Å². The number of carbonyl (C=O) groups is 5. The zero-order valence-electron chi connectivity index (χ0n) is 67.8. The van der Waals surface area contributed by atoms with Crippen LogP contribution in [0.4, 0.5) is 0 Å². The highest BCUT2D eigenvalue weighted by Gasteiger charge is 2.63. The molecule has 0 aromatic rings. The van der Waals surface area contributed by atoms with Crippen molar-refractivity contribution < 1.29 is 252 Å². The fraction of sp³-hybridized carbons (Fsp3) is 0.929. The van der Waals surface area contributed by atoms with Crippen molar-refractivity contribution in [3.05, 3.63) is 0 Å². The van der Waals surface area contributed by atoms with Gasteiger partial charge in [0, 0.05) is 34.6 Å². The Kier molecular flexibility index (Phi) is 37.4. The molecule has 10 rings (SSSR count). The molecule has 10 fully saturated rings. The molecule has 0 spiro atoms. The molecule has 0 aromatic carbocycles. The van der Waals surface area contributed by atoms with E-state index in [4.69, 9.17) is 90.0 Å². The lowest BCUT2D eigenvalue weighted by Gasteiger charge is -2.53. The van der Waals surface area contributed by atoms with E-state index in [9.17, 15) is 162 Å². The fourth-order valence-corrected chi connectivity index (χ4v) is 16.3. The lowest BCUT2D eigenvalue weighted by Crippen LogP contribution is -2.72. The summed E-state index contributed by atoms with van der Waals surface area (Å²) < 4.78 is 116. The van der Waals surface area contributed by atoms with Gasteiger partial charge in [0.25, 0.3) is 0 Å². The number of hydrogen-bond acceptors (Lipinski definition) is 51. The molecule has 10 aliphatic heterocycles. The zero-order valence-corrected chi connectivity index (χ0v) is 67.8. The molecule has 56 nitrogen and oxygen atoms in total. The summed E-state index contributed by atoms with van der Waals surface area (Å²) in [7, 11) is 0. The summed E-state index contributed by atoms with van der Waals surface area (Å²) in [5, 5.41) is 316. The molecular weight excluding hydrogens is 1730 g/mol. The molecule has 10 heterocycles. The SMILES string of the molecule is CC(=O)N[C@@H]1[C@@H](O)[C@H](O[C@@H]2O[C@H](CO)[C@@H](O[C@@H]3O[C@H](CO[C@H]4O[C@H](CO)[C@@H](O)[C@H](O)[C@@H]4O[C@H]4O[C@H](CO)[C@@H](O)[C@H](O)[C@@H]4O)[C@@H](O[C@@H]4O[C@H](CO)[C@@H](O)[C@H](O)[C@H]4NC(C)=O)[C@H](O[C@H]4O[C@H](CO)[C@@H](O[C@@H]5O[C@H](CO)[C@@H](O[C@@H]6O[C@H](CO)[C@H](O)[C@H](O)[C@H]6O)[C@H](O)[C@H]5NC(C)=O)[C@H](O)[C@@H]4O[C@@H]4O[C@H](CO)[C@@H](O)[C@H](O)[C@H]4NC(C)=O)[C@@H]3O)[C@H](O)[C@H]2NC(C)=O)[C@@H](CO)O[C@H]1O. The molecule has 32 N–H and O–H groups in total. The first-order valence-corrected chi connectivity index (χ1v) is 40.1.